The van der Waals surface area contributed by atoms with Crippen LogP contribution in [0.4, 0.5) is 0 Å². The topological polar surface area (TPSA) is 93.0 Å². The molecule has 1 atom stereocenters. The van der Waals surface area contributed by atoms with E-state index in [1.165, 1.54) is 13.0 Å². The van der Waals surface area contributed by atoms with Crippen LogP contribution in [0.2, 0.25) is 5.02 Å². The number of nitrogens with zero attached hydrogens (tertiary/aromatic N) is 1. The molecule has 0 aromatic heterocycles. The highest BCUT2D eigenvalue weighted by Crippen LogP contribution is 2.35. The van der Waals surface area contributed by atoms with Gasteiger partial charge in [-0.05, 0) is 11.6 Å². The van der Waals surface area contributed by atoms with Crippen LogP contribution in [0.1, 0.15) is 30.6 Å². The third-order valence-corrected chi connectivity index (χ3v) is 3.88. The molecule has 0 saturated carbocycles. The molecule has 1 unspecified atom stereocenters. The number of Topliss-reactive ketones (excluding diaryl/α,β-unsaturated/α-hetero) is 1. The van der Waals surface area contributed by atoms with Crippen molar-refractivity contribution >= 4 is 33.2 Å². The minimum atomic E-state index is -4.19. The lowest BCUT2D eigenvalue weighted by molar-refractivity contribution is -0.111. The van der Waals surface area contributed by atoms with E-state index in [2.05, 4.69) is 5.16 Å². The summed E-state index contributed by atoms with van der Waals surface area (Å²) in [6.07, 6.45) is -0.406. The van der Waals surface area contributed by atoms with E-state index in [0.29, 0.717) is 16.1 Å². The van der Waals surface area contributed by atoms with Gasteiger partial charge in [-0.2, -0.15) is 8.42 Å². The van der Waals surface area contributed by atoms with E-state index in [0.717, 1.165) is 0 Å². The van der Waals surface area contributed by atoms with Crippen molar-refractivity contribution < 1.29 is 22.6 Å². The molecule has 0 fully saturated rings. The van der Waals surface area contributed by atoms with Crippen LogP contribution in [-0.2, 0) is 25.5 Å². The highest BCUT2D eigenvalue weighted by atomic mass is 35.5. The number of halogens is 1. The van der Waals surface area contributed by atoms with Crippen molar-refractivity contribution in [3.05, 3.63) is 34.3 Å². The first-order valence-electron chi connectivity index (χ1n) is 5.74. The number of benzene rings is 1. The molecular formula is C12H12ClNO5S. The molecule has 0 spiro atoms. The van der Waals surface area contributed by atoms with Crippen LogP contribution in [0.5, 0.6) is 0 Å². The molecule has 0 radical (unpaired) electrons. The summed E-state index contributed by atoms with van der Waals surface area (Å²) in [5.74, 6) is -0.783. The van der Waals surface area contributed by atoms with Gasteiger partial charge in [-0.3, -0.25) is 9.35 Å². The molecule has 1 aromatic carbocycles. The molecule has 1 aliphatic heterocycles. The first kappa shape index (κ1) is 15.0. The van der Waals surface area contributed by atoms with Gasteiger partial charge in [0.25, 0.3) is 10.1 Å². The third-order valence-electron chi connectivity index (χ3n) is 2.88. The minimum absolute atomic E-state index is 0.212. The van der Waals surface area contributed by atoms with E-state index in [-0.39, 0.29) is 17.9 Å². The lowest BCUT2D eigenvalue weighted by atomic mass is 9.99. The molecule has 1 heterocycles. The zero-order valence-corrected chi connectivity index (χ0v) is 12.1. The van der Waals surface area contributed by atoms with Crippen molar-refractivity contribution in [2.45, 2.75) is 25.2 Å². The van der Waals surface area contributed by atoms with Gasteiger partial charge >= 0.3 is 0 Å². The summed E-state index contributed by atoms with van der Waals surface area (Å²) in [6, 6.07) is 4.69. The molecule has 6 nitrogen and oxygen atoms in total. The van der Waals surface area contributed by atoms with Gasteiger partial charge < -0.3 is 4.84 Å². The molecule has 0 aliphatic carbocycles. The molecule has 0 saturated heterocycles. The zero-order valence-electron chi connectivity index (χ0n) is 10.5. The number of hydrogen-bond acceptors (Lipinski definition) is 5. The van der Waals surface area contributed by atoms with Crippen LogP contribution < -0.4 is 0 Å². The van der Waals surface area contributed by atoms with Gasteiger partial charge in [0, 0.05) is 23.9 Å². The predicted molar refractivity (Wildman–Crippen MR) is 73.3 cm³/mol. The number of carbonyl (C=O) groups excluding carboxylic acids is 1. The average Bonchev–Trinajstić information content (AvgIpc) is 2.76. The van der Waals surface area contributed by atoms with Crippen LogP contribution >= 0.6 is 11.6 Å². The number of hydrogen-bond donors (Lipinski definition) is 1. The lowest BCUT2D eigenvalue weighted by Gasteiger charge is -2.15. The Morgan fingerprint density at radius 1 is 1.55 bits per heavy atom. The van der Waals surface area contributed by atoms with Crippen LogP contribution in [0.3, 0.4) is 0 Å². The normalized spacial score (nSPS) is 18.6. The molecule has 1 aliphatic rings. The number of oxime groups is 1. The molecule has 108 valence electrons. The zero-order chi connectivity index (χ0) is 14.9. The van der Waals surface area contributed by atoms with Crippen molar-refractivity contribution in [2.75, 3.05) is 0 Å². The quantitative estimate of drug-likeness (QED) is 0.859. The Bertz CT molecular complexity index is 683. The number of carbonyl (C=O) groups is 1. The van der Waals surface area contributed by atoms with E-state index in [1.54, 1.807) is 12.1 Å². The van der Waals surface area contributed by atoms with Crippen LogP contribution in [0.25, 0.3) is 0 Å². The second-order valence-corrected chi connectivity index (χ2v) is 6.29. The fraction of sp³-hybridized carbons (Fsp3) is 0.333. The average molecular weight is 318 g/mol. The van der Waals surface area contributed by atoms with E-state index < -0.39 is 22.0 Å². The molecule has 1 N–H and O–H groups in total. The standard InChI is InChI=1S/C12H12ClNO5S/c1-7(15)10-5-11(19-14-10)12-8(6-20(16,17)18)3-2-4-9(12)13/h2-4,11H,5-6H2,1H3,(H,16,17,18). The summed E-state index contributed by atoms with van der Waals surface area (Å²) in [5, 5.41) is 3.97. The second kappa shape index (κ2) is 5.51. The predicted octanol–water partition coefficient (Wildman–Crippen LogP) is 2.13. The largest absolute Gasteiger partial charge is 0.387 e. The summed E-state index contributed by atoms with van der Waals surface area (Å²) < 4.78 is 31.1. The highest BCUT2D eigenvalue weighted by Gasteiger charge is 2.29. The lowest BCUT2D eigenvalue weighted by Crippen LogP contribution is -2.11. The molecule has 0 bridgehead atoms. The monoisotopic (exact) mass is 317 g/mol. The fourth-order valence-corrected chi connectivity index (χ4v) is 2.97. The van der Waals surface area contributed by atoms with Gasteiger partial charge in [0.15, 0.2) is 11.9 Å². The van der Waals surface area contributed by atoms with Crippen molar-refractivity contribution in [1.29, 1.82) is 0 Å². The Labute approximate surface area is 121 Å². The molecular weight excluding hydrogens is 306 g/mol. The minimum Gasteiger partial charge on any atom is -0.387 e. The Hall–Kier alpha value is -1.44. The molecule has 0 amide bonds. The highest BCUT2D eigenvalue weighted by molar-refractivity contribution is 7.85. The van der Waals surface area contributed by atoms with Crippen molar-refractivity contribution in [2.24, 2.45) is 5.16 Å². The van der Waals surface area contributed by atoms with Gasteiger partial charge in [-0.1, -0.05) is 28.9 Å². The van der Waals surface area contributed by atoms with Gasteiger partial charge in [0.1, 0.15) is 11.5 Å². The SMILES string of the molecule is CC(=O)C1=NOC(c2c(Cl)cccc2CS(=O)(=O)O)C1. The maximum atomic E-state index is 11.2. The number of ketones is 1. The first-order valence-corrected chi connectivity index (χ1v) is 7.72. The summed E-state index contributed by atoms with van der Waals surface area (Å²) >= 11 is 6.07. The van der Waals surface area contributed by atoms with Gasteiger partial charge in [0.05, 0.1) is 0 Å². The Kier molecular flexibility index (Phi) is 4.12. The number of rotatable bonds is 4. The van der Waals surface area contributed by atoms with Gasteiger partial charge in [0.2, 0.25) is 0 Å². The maximum Gasteiger partial charge on any atom is 0.269 e. The van der Waals surface area contributed by atoms with Crippen molar-refractivity contribution in [3.8, 4) is 0 Å². The molecule has 2 rings (SSSR count). The van der Waals surface area contributed by atoms with E-state index in [9.17, 15) is 13.2 Å². The van der Waals surface area contributed by atoms with E-state index in [4.69, 9.17) is 21.0 Å². The van der Waals surface area contributed by atoms with Crippen molar-refractivity contribution in [3.63, 3.8) is 0 Å². The summed E-state index contributed by atoms with van der Waals surface area (Å²) in [6.45, 7) is 1.37. The van der Waals surface area contributed by atoms with E-state index >= 15 is 0 Å². The van der Waals surface area contributed by atoms with E-state index in [1.807, 2.05) is 0 Å². The smallest absolute Gasteiger partial charge is 0.269 e. The van der Waals surface area contributed by atoms with Crippen LogP contribution in [0, 0.1) is 0 Å². The molecule has 1 aromatic rings. The second-order valence-electron chi connectivity index (χ2n) is 4.43. The summed E-state index contributed by atoms with van der Waals surface area (Å²) in [7, 11) is -4.19. The van der Waals surface area contributed by atoms with Gasteiger partial charge in [-0.15, -0.1) is 0 Å². The molecule has 8 heteroatoms. The Morgan fingerprint density at radius 2 is 2.25 bits per heavy atom. The van der Waals surface area contributed by atoms with Crippen LogP contribution in [0.15, 0.2) is 23.4 Å². The molecule has 20 heavy (non-hydrogen) atoms. The van der Waals surface area contributed by atoms with Gasteiger partial charge in [-0.25, -0.2) is 0 Å². The Morgan fingerprint density at radius 3 is 2.80 bits per heavy atom. The first-order chi connectivity index (χ1) is 9.28. The third kappa shape index (κ3) is 3.36. The van der Waals surface area contributed by atoms with Crippen molar-refractivity contribution in [1.82, 2.24) is 0 Å². The summed E-state index contributed by atoms with van der Waals surface area (Å²) in [5.41, 5.74) is 1.02. The summed E-state index contributed by atoms with van der Waals surface area (Å²) in [4.78, 5) is 16.4. The Balaban J connectivity index is 2.35. The maximum absolute atomic E-state index is 11.2. The fourth-order valence-electron chi connectivity index (χ4n) is 2.00. The van der Waals surface area contributed by atoms with Crippen LogP contribution in [-0.4, -0.2) is 24.5 Å².